The molecule has 6 aliphatic carbocycles. The fraction of sp³-hybridized carbons (Fsp3) is 0.849. The molecule has 0 aliphatic heterocycles. The van der Waals surface area contributed by atoms with Gasteiger partial charge in [-0.05, 0) is 161 Å². The summed E-state index contributed by atoms with van der Waals surface area (Å²) in [4.78, 5) is 99.8. The summed E-state index contributed by atoms with van der Waals surface area (Å²) in [6.45, 7) is 38.1. The Morgan fingerprint density at radius 2 is 0.780 bits per heavy atom. The first-order valence-corrected chi connectivity index (χ1v) is 34.7. The van der Waals surface area contributed by atoms with E-state index in [1.807, 2.05) is 111 Å². The molecule has 27 nitrogen and oxygen atoms in total. The first kappa shape index (κ1) is 98.8. The van der Waals surface area contributed by atoms with Crippen LogP contribution in [0.3, 0.4) is 0 Å². The molecule has 586 valence electrons. The van der Waals surface area contributed by atoms with Crippen LogP contribution in [0.2, 0.25) is 0 Å². The minimum absolute atomic E-state index is 0.0462. The fourth-order valence-electron chi connectivity index (χ4n) is 8.15. The van der Waals surface area contributed by atoms with Gasteiger partial charge in [-0.1, -0.05) is 88.8 Å². The van der Waals surface area contributed by atoms with Gasteiger partial charge in [0.25, 0.3) is 0 Å². The minimum atomic E-state index is -0.833. The number of esters is 8. The molecule has 6 rings (SSSR count). The summed E-state index contributed by atoms with van der Waals surface area (Å²) in [6, 6.07) is 0. The predicted octanol–water partition coefficient (Wildman–Crippen LogP) is 10.4. The lowest BCUT2D eigenvalue weighted by atomic mass is 10.1. The van der Waals surface area contributed by atoms with Gasteiger partial charge < -0.3 is 85.6 Å². The van der Waals surface area contributed by atoms with Crippen molar-refractivity contribution < 1.29 is 129 Å². The molecular formula is C73H132O27. The van der Waals surface area contributed by atoms with Crippen LogP contribution in [0.15, 0.2) is 12.7 Å². The van der Waals surface area contributed by atoms with Crippen molar-refractivity contribution in [2.45, 2.75) is 265 Å². The number of rotatable bonds is 32. The van der Waals surface area contributed by atoms with E-state index in [1.165, 1.54) is 61.6 Å². The molecule has 100 heavy (non-hydrogen) atoms. The van der Waals surface area contributed by atoms with E-state index in [2.05, 4.69) is 11.3 Å². The van der Waals surface area contributed by atoms with Crippen LogP contribution in [-0.2, 0) is 124 Å². The van der Waals surface area contributed by atoms with Crippen LogP contribution < -0.4 is 0 Å². The van der Waals surface area contributed by atoms with Gasteiger partial charge in [-0.15, -0.1) is 0 Å². The summed E-state index contributed by atoms with van der Waals surface area (Å²) in [6.07, 6.45) is 10.7. The average Bonchev–Trinajstić information content (AvgIpc) is 1.68. The molecule has 27 heteroatoms. The zero-order valence-electron chi connectivity index (χ0n) is 65.9. The second-order valence-corrected chi connectivity index (χ2v) is 27.8. The Balaban J connectivity index is -0.00000106. The topological polar surface area (TPSA) is 331 Å². The molecule has 0 heterocycles. The molecule has 6 fully saturated rings. The highest BCUT2D eigenvalue weighted by atomic mass is 16.6. The molecule has 0 aromatic heterocycles. The van der Waals surface area contributed by atoms with Crippen molar-refractivity contribution in [2.24, 2.45) is 35.5 Å². The van der Waals surface area contributed by atoms with Gasteiger partial charge in [0.05, 0.1) is 39.6 Å². The predicted molar refractivity (Wildman–Crippen MR) is 373 cm³/mol. The highest BCUT2D eigenvalue weighted by Crippen LogP contribution is 2.43. The number of hydrogen-bond donors (Lipinski definition) is 1. The summed E-state index contributed by atoms with van der Waals surface area (Å²) in [5.74, 6) is -1.16. The van der Waals surface area contributed by atoms with Crippen molar-refractivity contribution in [3.05, 3.63) is 12.7 Å². The molecule has 0 amide bonds. The van der Waals surface area contributed by atoms with Crippen LogP contribution in [0.25, 0.3) is 0 Å². The number of hydrogen-bond acceptors (Lipinski definition) is 26. The third-order valence-corrected chi connectivity index (χ3v) is 15.4. The van der Waals surface area contributed by atoms with Gasteiger partial charge in [0.15, 0.2) is 52.4 Å². The standard InChI is InChI=1S/C10H18O3.C10H20O3.C9H16O3.C9H18O3.C9H16O3.C8H14O3.C7H12O3.C6H10O3.C5H8O3/c1-7(2)9(12-3)10(11)13-6-8-4-5-8;1-7(2)6-13-10(11)9(12-5)8(3)4;1-8(2,3)12-7(10)9(11-4)5-6-9;2*1-5-6-12-9(10)8(11-4)7(2)3;1-6(2)11-7(9)8(10-3)4-5-8;1-3-10-6(8)7(9-2)4-5-7;1-8-5(7)6(9-2)3-4-6;1-8-5(2-3-5)4(6)7/h7-9H,4-6H2,1-3H3;7-9H,6H2,1-5H3;5-6H2,1-4H3;7-8H,5-6H2,1-4H3;5,7-8H,1,6H2,2-4H3;6H,4-5H2,1-3H3;3-5H2,1-2H3;3-4H2,1-2H3;2-3H2,1H3,(H,6,7). The van der Waals surface area contributed by atoms with Crippen LogP contribution in [0.4, 0.5) is 0 Å². The van der Waals surface area contributed by atoms with E-state index in [9.17, 15) is 43.2 Å². The molecule has 0 aromatic carbocycles. The molecule has 6 aliphatic rings. The number of ether oxygens (including phenoxy) is 17. The van der Waals surface area contributed by atoms with Crippen molar-refractivity contribution >= 4 is 53.7 Å². The molecule has 6 saturated carbocycles. The van der Waals surface area contributed by atoms with Gasteiger partial charge in [-0.3, -0.25) is 0 Å². The van der Waals surface area contributed by atoms with E-state index >= 15 is 0 Å². The third-order valence-electron chi connectivity index (χ3n) is 15.4. The number of methoxy groups -OCH3 is 10. The Hall–Kier alpha value is -5.39. The number of carboxylic acid groups (broad SMARTS) is 1. The van der Waals surface area contributed by atoms with E-state index in [0.717, 1.165) is 57.8 Å². The lowest BCUT2D eigenvalue weighted by Gasteiger charge is -2.22. The van der Waals surface area contributed by atoms with Crippen LogP contribution in [-0.4, -0.2) is 227 Å². The molecule has 0 saturated heterocycles. The van der Waals surface area contributed by atoms with Gasteiger partial charge >= 0.3 is 53.7 Å². The van der Waals surface area contributed by atoms with Crippen LogP contribution in [0.1, 0.15) is 201 Å². The summed E-state index contributed by atoms with van der Waals surface area (Å²) in [7, 11) is 15.1. The molecule has 0 aromatic rings. The van der Waals surface area contributed by atoms with Crippen molar-refractivity contribution in [3.8, 4) is 0 Å². The fourth-order valence-corrected chi connectivity index (χ4v) is 8.15. The summed E-state index contributed by atoms with van der Waals surface area (Å²) in [5, 5.41) is 8.38. The number of carbonyl (C=O) groups is 9. The maximum Gasteiger partial charge on any atom is 0.338 e. The Morgan fingerprint density at radius 3 is 1.02 bits per heavy atom. The number of aliphatic carboxylic acids is 1. The Morgan fingerprint density at radius 1 is 0.450 bits per heavy atom. The molecule has 0 bridgehead atoms. The first-order valence-electron chi connectivity index (χ1n) is 34.7. The van der Waals surface area contributed by atoms with Crippen LogP contribution in [0.5, 0.6) is 0 Å². The van der Waals surface area contributed by atoms with Crippen molar-refractivity contribution in [1.82, 2.24) is 0 Å². The normalized spacial score (nSPS) is 17.6. The molecule has 4 unspecified atom stereocenters. The first-order chi connectivity index (χ1) is 46.6. The quantitative estimate of drug-likeness (QED) is 0.0371. The van der Waals surface area contributed by atoms with Gasteiger partial charge in [-0.2, -0.15) is 0 Å². The average molecular weight is 1440 g/mol. The van der Waals surface area contributed by atoms with Crippen molar-refractivity contribution in [1.29, 1.82) is 0 Å². The summed E-state index contributed by atoms with van der Waals surface area (Å²) >= 11 is 0. The molecule has 0 radical (unpaired) electrons. The van der Waals surface area contributed by atoms with Crippen LogP contribution in [0, 0.1) is 35.5 Å². The van der Waals surface area contributed by atoms with Crippen LogP contribution >= 0.6 is 0 Å². The second kappa shape index (κ2) is 50.1. The maximum atomic E-state index is 11.4. The van der Waals surface area contributed by atoms with Gasteiger partial charge in [0.2, 0.25) is 0 Å². The van der Waals surface area contributed by atoms with E-state index < -0.39 is 64.0 Å². The number of carboxylic acids is 1. The van der Waals surface area contributed by atoms with E-state index in [-0.39, 0.29) is 84.1 Å². The van der Waals surface area contributed by atoms with E-state index in [1.54, 1.807) is 35.4 Å². The minimum Gasteiger partial charge on any atom is -0.479 e. The molecule has 0 spiro atoms. The maximum absolute atomic E-state index is 11.4. The SMILES string of the molecule is C=CCOC(=O)C(OC)C(C)C.CCCOC(=O)C(OC)C(C)C.CCOC(=O)C1(OC)CC1.COC(=O)C1(OC)CC1.COC(C(=O)OCC(C)C)C(C)C.COC(C(=O)OCC1CC1)C(C)C.COC1(C(=O)O)CC1.COC1(C(=O)OC(C)(C)C)CC1.COC1(C(=O)OC(C)C)CC1. The van der Waals surface area contributed by atoms with Gasteiger partial charge in [-0.25, -0.2) is 43.2 Å². The lowest BCUT2D eigenvalue weighted by Crippen LogP contribution is -2.34. The lowest BCUT2D eigenvalue weighted by molar-refractivity contribution is -0.170. The zero-order valence-corrected chi connectivity index (χ0v) is 65.9. The van der Waals surface area contributed by atoms with Crippen molar-refractivity contribution in [2.75, 3.05) is 104 Å². The smallest absolute Gasteiger partial charge is 0.338 e. The van der Waals surface area contributed by atoms with E-state index in [4.69, 9.17) is 80.9 Å². The third kappa shape index (κ3) is 39.9. The molecule has 1 N–H and O–H groups in total. The largest absolute Gasteiger partial charge is 0.479 e. The second-order valence-electron chi connectivity index (χ2n) is 27.8. The Kier molecular flexibility index (Phi) is 49.5. The summed E-state index contributed by atoms with van der Waals surface area (Å²) < 4.78 is 84.2. The molecular weight excluding hydrogens is 1310 g/mol. The van der Waals surface area contributed by atoms with E-state index in [0.29, 0.717) is 51.1 Å². The Bertz CT molecular complexity index is 2320. The molecule has 4 atom stereocenters. The van der Waals surface area contributed by atoms with Crippen molar-refractivity contribution in [3.63, 3.8) is 0 Å². The number of carbonyl (C=O) groups excluding carboxylic acids is 8. The van der Waals surface area contributed by atoms with Gasteiger partial charge in [0.1, 0.15) is 12.2 Å². The monoisotopic (exact) mass is 1440 g/mol. The highest BCUT2D eigenvalue weighted by Gasteiger charge is 2.55. The Labute approximate surface area is 598 Å². The highest BCUT2D eigenvalue weighted by molar-refractivity contribution is 5.85. The zero-order chi connectivity index (χ0) is 78.0. The summed E-state index contributed by atoms with van der Waals surface area (Å²) in [5.41, 5.74) is -3.51. The van der Waals surface area contributed by atoms with Gasteiger partial charge in [0, 0.05) is 64.0 Å².